The van der Waals surface area contributed by atoms with Crippen LogP contribution in [-0.4, -0.2) is 16.6 Å². The summed E-state index contributed by atoms with van der Waals surface area (Å²) in [6.45, 7) is 1.74. The number of rotatable bonds is 2. The van der Waals surface area contributed by atoms with Crippen molar-refractivity contribution in [2.75, 3.05) is 0 Å². The fraction of sp³-hybridized carbons (Fsp3) is 0.818. The van der Waals surface area contributed by atoms with Gasteiger partial charge in [-0.1, -0.05) is 0 Å². The lowest BCUT2D eigenvalue weighted by molar-refractivity contribution is -0.105. The second-order valence-electron chi connectivity index (χ2n) is 4.01. The van der Waals surface area contributed by atoms with Crippen molar-refractivity contribution in [2.45, 2.75) is 57.0 Å². The van der Waals surface area contributed by atoms with E-state index in [0.717, 1.165) is 0 Å². The highest BCUT2D eigenvalue weighted by atomic mass is 19.3. The van der Waals surface area contributed by atoms with Crippen molar-refractivity contribution in [2.24, 2.45) is 0 Å². The van der Waals surface area contributed by atoms with Gasteiger partial charge in [0.25, 0.3) is 0 Å². The van der Waals surface area contributed by atoms with Crippen molar-refractivity contribution in [3.63, 3.8) is 0 Å². The van der Waals surface area contributed by atoms with E-state index in [1.807, 2.05) is 0 Å². The van der Waals surface area contributed by atoms with Crippen LogP contribution in [0.15, 0.2) is 0 Å². The summed E-state index contributed by atoms with van der Waals surface area (Å²) in [7, 11) is 0. The molecule has 0 aromatic rings. The van der Waals surface area contributed by atoms with Crippen LogP contribution >= 0.6 is 0 Å². The molecule has 1 rings (SSSR count). The quantitative estimate of drug-likeness (QED) is 0.682. The van der Waals surface area contributed by atoms with Gasteiger partial charge in [-0.15, -0.1) is 11.8 Å². The van der Waals surface area contributed by atoms with E-state index < -0.39 is 11.5 Å². The fourth-order valence-electron chi connectivity index (χ4n) is 1.75. The van der Waals surface area contributed by atoms with Crippen LogP contribution in [0, 0.1) is 11.8 Å². The van der Waals surface area contributed by atoms with Crippen LogP contribution in [0.4, 0.5) is 8.78 Å². The normalized spacial score (nSPS) is 23.7. The summed E-state index contributed by atoms with van der Waals surface area (Å²) in [5, 5.41) is 9.93. The first-order valence-corrected chi connectivity index (χ1v) is 4.97. The largest absolute Gasteiger partial charge is 0.390 e. The van der Waals surface area contributed by atoms with Gasteiger partial charge in [0.15, 0.2) is 0 Å². The van der Waals surface area contributed by atoms with Crippen molar-refractivity contribution < 1.29 is 13.9 Å². The topological polar surface area (TPSA) is 20.2 Å². The van der Waals surface area contributed by atoms with E-state index in [1.165, 1.54) is 0 Å². The molecule has 0 saturated heterocycles. The summed E-state index contributed by atoms with van der Waals surface area (Å²) >= 11 is 0. The lowest BCUT2D eigenvalue weighted by atomic mass is 9.80. The van der Waals surface area contributed by atoms with Gasteiger partial charge in [-0.05, 0) is 26.2 Å². The molecule has 1 aliphatic rings. The first-order chi connectivity index (χ1) is 6.47. The average molecular weight is 202 g/mol. The monoisotopic (exact) mass is 202 g/mol. The molecule has 3 heteroatoms. The van der Waals surface area contributed by atoms with Gasteiger partial charge in [0.1, 0.15) is 0 Å². The van der Waals surface area contributed by atoms with Crippen molar-refractivity contribution in [3.05, 3.63) is 0 Å². The Hall–Kier alpha value is -0.620. The van der Waals surface area contributed by atoms with E-state index in [-0.39, 0.29) is 25.7 Å². The average Bonchev–Trinajstić information content (AvgIpc) is 2.12. The smallest absolute Gasteiger partial charge is 0.248 e. The van der Waals surface area contributed by atoms with Crippen LogP contribution in [0.1, 0.15) is 45.4 Å². The van der Waals surface area contributed by atoms with Crippen LogP contribution in [0.25, 0.3) is 0 Å². The summed E-state index contributed by atoms with van der Waals surface area (Å²) in [6, 6.07) is 0. The Morgan fingerprint density at radius 3 is 2.29 bits per heavy atom. The molecule has 80 valence electrons. The van der Waals surface area contributed by atoms with E-state index in [9.17, 15) is 13.9 Å². The fourth-order valence-corrected chi connectivity index (χ4v) is 1.75. The number of halogens is 2. The minimum atomic E-state index is -2.57. The van der Waals surface area contributed by atoms with Gasteiger partial charge in [0.2, 0.25) is 5.92 Å². The standard InChI is InChI=1S/C11H16F2O/c1-2-3-4-5-10(14)6-8-11(12,13)9-7-10/h14H,4-9H2,1H3. The van der Waals surface area contributed by atoms with Gasteiger partial charge in [0.05, 0.1) is 5.60 Å². The number of hydrogen-bond acceptors (Lipinski definition) is 1. The first kappa shape index (κ1) is 11.5. The van der Waals surface area contributed by atoms with E-state index >= 15 is 0 Å². The van der Waals surface area contributed by atoms with Gasteiger partial charge in [-0.3, -0.25) is 0 Å². The molecule has 1 fully saturated rings. The molecule has 1 nitrogen and oxygen atoms in total. The highest BCUT2D eigenvalue weighted by Gasteiger charge is 2.41. The number of hydrogen-bond donors (Lipinski definition) is 1. The molecule has 0 aromatic heterocycles. The third-order valence-electron chi connectivity index (χ3n) is 2.80. The minimum absolute atomic E-state index is 0.191. The van der Waals surface area contributed by atoms with Gasteiger partial charge in [-0.25, -0.2) is 8.78 Å². The molecule has 0 aliphatic heterocycles. The summed E-state index contributed by atoms with van der Waals surface area (Å²) < 4.78 is 25.6. The van der Waals surface area contributed by atoms with Crippen LogP contribution in [0.2, 0.25) is 0 Å². The van der Waals surface area contributed by atoms with Gasteiger partial charge in [0, 0.05) is 19.3 Å². The Morgan fingerprint density at radius 2 is 1.79 bits per heavy atom. The maximum atomic E-state index is 12.8. The predicted molar refractivity (Wildman–Crippen MR) is 51.0 cm³/mol. The van der Waals surface area contributed by atoms with E-state index in [4.69, 9.17) is 0 Å². The maximum absolute atomic E-state index is 12.8. The van der Waals surface area contributed by atoms with Crippen molar-refractivity contribution >= 4 is 0 Å². The molecule has 0 spiro atoms. The predicted octanol–water partition coefficient (Wildman–Crippen LogP) is 2.73. The zero-order valence-electron chi connectivity index (χ0n) is 8.45. The van der Waals surface area contributed by atoms with Crippen molar-refractivity contribution in [1.82, 2.24) is 0 Å². The molecule has 0 bridgehead atoms. The van der Waals surface area contributed by atoms with Crippen LogP contribution < -0.4 is 0 Å². The zero-order chi connectivity index (χ0) is 10.7. The summed E-state index contributed by atoms with van der Waals surface area (Å²) in [5.41, 5.74) is -0.897. The molecule has 1 saturated carbocycles. The maximum Gasteiger partial charge on any atom is 0.248 e. The van der Waals surface area contributed by atoms with E-state index in [2.05, 4.69) is 11.8 Å². The summed E-state index contributed by atoms with van der Waals surface area (Å²) in [4.78, 5) is 0. The molecule has 0 aromatic carbocycles. The molecule has 0 heterocycles. The molecule has 0 radical (unpaired) electrons. The van der Waals surface area contributed by atoms with Crippen molar-refractivity contribution in [1.29, 1.82) is 0 Å². The third-order valence-corrected chi connectivity index (χ3v) is 2.80. The highest BCUT2D eigenvalue weighted by molar-refractivity contribution is 4.98. The van der Waals surface area contributed by atoms with Crippen LogP contribution in [-0.2, 0) is 0 Å². The van der Waals surface area contributed by atoms with Crippen LogP contribution in [0.5, 0.6) is 0 Å². The van der Waals surface area contributed by atoms with E-state index in [0.29, 0.717) is 12.8 Å². The van der Waals surface area contributed by atoms with Gasteiger partial charge in [-0.2, -0.15) is 0 Å². The second kappa shape index (κ2) is 4.27. The molecule has 1 N–H and O–H groups in total. The molecule has 0 unspecified atom stereocenters. The Bertz CT molecular complexity index is 240. The Labute approximate surface area is 83.5 Å². The Balaban J connectivity index is 2.40. The zero-order valence-corrected chi connectivity index (χ0v) is 8.45. The molecular formula is C11H16F2O. The molecule has 14 heavy (non-hydrogen) atoms. The Morgan fingerprint density at radius 1 is 1.21 bits per heavy atom. The Kier molecular flexibility index (Phi) is 3.49. The van der Waals surface area contributed by atoms with E-state index in [1.54, 1.807) is 6.92 Å². The second-order valence-corrected chi connectivity index (χ2v) is 4.01. The first-order valence-electron chi connectivity index (χ1n) is 4.97. The number of alkyl halides is 2. The highest BCUT2D eigenvalue weighted by Crippen LogP contribution is 2.40. The lowest BCUT2D eigenvalue weighted by Gasteiger charge is -2.35. The van der Waals surface area contributed by atoms with Crippen LogP contribution in [0.3, 0.4) is 0 Å². The molecule has 0 amide bonds. The summed E-state index contributed by atoms with van der Waals surface area (Å²) in [5.74, 6) is 3.01. The lowest BCUT2D eigenvalue weighted by Crippen LogP contribution is -2.38. The van der Waals surface area contributed by atoms with Gasteiger partial charge >= 0.3 is 0 Å². The minimum Gasteiger partial charge on any atom is -0.390 e. The SMILES string of the molecule is CC#CCCC1(O)CCC(F)(F)CC1. The molecule has 1 aliphatic carbocycles. The molecular weight excluding hydrogens is 186 g/mol. The molecule has 0 atom stereocenters. The van der Waals surface area contributed by atoms with Gasteiger partial charge < -0.3 is 5.11 Å². The number of aliphatic hydroxyl groups is 1. The third kappa shape index (κ3) is 3.26. The van der Waals surface area contributed by atoms with Crippen molar-refractivity contribution in [3.8, 4) is 11.8 Å². The summed E-state index contributed by atoms with van der Waals surface area (Å²) in [6.07, 6.45) is 1.13.